The highest BCUT2D eigenvalue weighted by Gasteiger charge is 2.21. The zero-order chi connectivity index (χ0) is 7.84. The molecular formula is C7H5FN2O. The summed E-state index contributed by atoms with van der Waals surface area (Å²) in [5.74, 6) is -0.207. The SMILES string of the molecule is O=C1Cc2c(F)ccnc2N1. The maximum absolute atomic E-state index is 12.8. The first-order valence-electron chi connectivity index (χ1n) is 3.20. The van der Waals surface area contributed by atoms with Gasteiger partial charge in [-0.1, -0.05) is 0 Å². The van der Waals surface area contributed by atoms with Gasteiger partial charge in [0.25, 0.3) is 0 Å². The third kappa shape index (κ3) is 0.869. The van der Waals surface area contributed by atoms with Crippen LogP contribution in [-0.4, -0.2) is 10.9 Å². The summed E-state index contributed by atoms with van der Waals surface area (Å²) < 4.78 is 12.8. The molecule has 0 bridgehead atoms. The predicted octanol–water partition coefficient (Wildman–Crippen LogP) is 0.715. The smallest absolute Gasteiger partial charge is 0.230 e. The summed E-state index contributed by atoms with van der Waals surface area (Å²) in [6.45, 7) is 0. The van der Waals surface area contributed by atoms with Gasteiger partial charge in [0.15, 0.2) is 0 Å². The zero-order valence-electron chi connectivity index (χ0n) is 5.60. The van der Waals surface area contributed by atoms with Crippen molar-refractivity contribution < 1.29 is 9.18 Å². The van der Waals surface area contributed by atoms with Gasteiger partial charge in [0.05, 0.1) is 6.42 Å². The summed E-state index contributed by atoms with van der Waals surface area (Å²) in [4.78, 5) is 14.5. The van der Waals surface area contributed by atoms with Crippen LogP contribution in [0.5, 0.6) is 0 Å². The van der Waals surface area contributed by atoms with Gasteiger partial charge in [-0.15, -0.1) is 0 Å². The molecule has 1 aliphatic heterocycles. The topological polar surface area (TPSA) is 42.0 Å². The van der Waals surface area contributed by atoms with Crippen LogP contribution in [0, 0.1) is 5.82 Å². The normalized spacial score (nSPS) is 14.5. The first-order chi connectivity index (χ1) is 5.27. The van der Waals surface area contributed by atoms with Crippen molar-refractivity contribution in [1.82, 2.24) is 4.98 Å². The highest BCUT2D eigenvalue weighted by atomic mass is 19.1. The van der Waals surface area contributed by atoms with Gasteiger partial charge in [-0.25, -0.2) is 9.37 Å². The number of hydrogen-bond donors (Lipinski definition) is 1. The number of nitrogens with one attached hydrogen (secondary N) is 1. The quantitative estimate of drug-likeness (QED) is 0.595. The molecule has 1 aliphatic rings. The van der Waals surface area contributed by atoms with Gasteiger partial charge in [-0.2, -0.15) is 0 Å². The molecule has 0 aromatic carbocycles. The summed E-state index contributed by atoms with van der Waals surface area (Å²) in [6.07, 6.45) is 1.44. The van der Waals surface area contributed by atoms with E-state index in [-0.39, 0.29) is 18.1 Å². The van der Waals surface area contributed by atoms with E-state index in [1.54, 1.807) is 0 Å². The van der Waals surface area contributed by atoms with E-state index in [1.807, 2.05) is 0 Å². The van der Waals surface area contributed by atoms with E-state index in [0.29, 0.717) is 11.4 Å². The molecule has 0 saturated carbocycles. The molecule has 0 aliphatic carbocycles. The Morgan fingerprint density at radius 2 is 2.45 bits per heavy atom. The van der Waals surface area contributed by atoms with Crippen molar-refractivity contribution in [3.05, 3.63) is 23.6 Å². The van der Waals surface area contributed by atoms with Crippen molar-refractivity contribution in [3.8, 4) is 0 Å². The highest BCUT2D eigenvalue weighted by Crippen LogP contribution is 2.21. The minimum Gasteiger partial charge on any atom is -0.310 e. The molecule has 3 nitrogen and oxygen atoms in total. The molecule has 4 heteroatoms. The fourth-order valence-electron chi connectivity index (χ4n) is 1.08. The van der Waals surface area contributed by atoms with Gasteiger partial charge in [0.1, 0.15) is 11.6 Å². The number of hydrogen-bond acceptors (Lipinski definition) is 2. The van der Waals surface area contributed by atoms with Crippen LogP contribution in [0.2, 0.25) is 0 Å². The Bertz CT molecular complexity index is 324. The molecule has 0 saturated heterocycles. The standard InChI is InChI=1S/C7H5FN2O/c8-5-1-2-9-7-4(5)3-6(11)10-7/h1-2H,3H2,(H,9,10,11). The second-order valence-electron chi connectivity index (χ2n) is 2.34. The molecule has 0 fully saturated rings. The number of pyridine rings is 1. The molecular weight excluding hydrogens is 147 g/mol. The molecule has 1 amide bonds. The Morgan fingerprint density at radius 3 is 3.18 bits per heavy atom. The van der Waals surface area contributed by atoms with Gasteiger partial charge < -0.3 is 5.32 Å². The van der Waals surface area contributed by atoms with Crippen molar-refractivity contribution in [2.24, 2.45) is 0 Å². The Kier molecular flexibility index (Phi) is 1.15. The number of rotatable bonds is 0. The molecule has 2 heterocycles. The van der Waals surface area contributed by atoms with Crippen LogP contribution in [0.25, 0.3) is 0 Å². The summed E-state index contributed by atoms with van der Waals surface area (Å²) in [7, 11) is 0. The van der Waals surface area contributed by atoms with Crippen molar-refractivity contribution in [2.45, 2.75) is 6.42 Å². The van der Waals surface area contributed by atoms with Crippen LogP contribution in [0.1, 0.15) is 5.56 Å². The number of carbonyl (C=O) groups is 1. The molecule has 1 aromatic heterocycles. The maximum Gasteiger partial charge on any atom is 0.230 e. The number of aromatic nitrogens is 1. The monoisotopic (exact) mass is 152 g/mol. The molecule has 1 aromatic rings. The maximum atomic E-state index is 12.8. The second kappa shape index (κ2) is 2.02. The van der Waals surface area contributed by atoms with E-state index in [4.69, 9.17) is 0 Å². The van der Waals surface area contributed by atoms with Gasteiger partial charge >= 0.3 is 0 Å². The number of nitrogens with zero attached hydrogens (tertiary/aromatic N) is 1. The Balaban J connectivity index is 2.57. The lowest BCUT2D eigenvalue weighted by Gasteiger charge is -1.95. The molecule has 0 unspecified atom stereocenters. The van der Waals surface area contributed by atoms with Crippen molar-refractivity contribution in [2.75, 3.05) is 5.32 Å². The van der Waals surface area contributed by atoms with Crippen molar-refractivity contribution in [3.63, 3.8) is 0 Å². The highest BCUT2D eigenvalue weighted by molar-refractivity contribution is 5.97. The Labute approximate surface area is 62.3 Å². The largest absolute Gasteiger partial charge is 0.310 e. The second-order valence-corrected chi connectivity index (χ2v) is 2.34. The van der Waals surface area contributed by atoms with Crippen LogP contribution in [-0.2, 0) is 11.2 Å². The number of amides is 1. The average Bonchev–Trinajstić information content (AvgIpc) is 2.31. The number of halogens is 1. The van der Waals surface area contributed by atoms with Gasteiger partial charge in [0.2, 0.25) is 5.91 Å². The lowest BCUT2D eigenvalue weighted by atomic mass is 10.2. The fraction of sp³-hybridized carbons (Fsp3) is 0.143. The summed E-state index contributed by atoms with van der Waals surface area (Å²) in [5.41, 5.74) is 0.373. The van der Waals surface area contributed by atoms with E-state index in [9.17, 15) is 9.18 Å². The van der Waals surface area contributed by atoms with Gasteiger partial charge in [-0.05, 0) is 6.07 Å². The molecule has 0 radical (unpaired) electrons. The molecule has 56 valence electrons. The molecule has 1 N–H and O–H groups in total. The number of carbonyl (C=O) groups excluding carboxylic acids is 1. The first kappa shape index (κ1) is 6.27. The molecule has 11 heavy (non-hydrogen) atoms. The van der Waals surface area contributed by atoms with Gasteiger partial charge in [-0.3, -0.25) is 4.79 Å². The van der Waals surface area contributed by atoms with E-state index in [1.165, 1.54) is 12.3 Å². The van der Waals surface area contributed by atoms with Crippen molar-refractivity contribution >= 4 is 11.7 Å². The Hall–Kier alpha value is -1.45. The lowest BCUT2D eigenvalue weighted by molar-refractivity contribution is -0.115. The first-order valence-corrected chi connectivity index (χ1v) is 3.20. The van der Waals surface area contributed by atoms with Gasteiger partial charge in [0, 0.05) is 11.8 Å². The summed E-state index contributed by atoms with van der Waals surface area (Å²) >= 11 is 0. The van der Waals surface area contributed by atoms with E-state index in [0.717, 1.165) is 0 Å². The predicted molar refractivity (Wildman–Crippen MR) is 36.5 cm³/mol. The van der Waals surface area contributed by atoms with E-state index >= 15 is 0 Å². The zero-order valence-corrected chi connectivity index (χ0v) is 5.60. The third-order valence-corrected chi connectivity index (χ3v) is 1.59. The van der Waals surface area contributed by atoms with Crippen LogP contribution in [0.15, 0.2) is 12.3 Å². The minimum absolute atomic E-state index is 0.106. The van der Waals surface area contributed by atoms with Crippen molar-refractivity contribution in [1.29, 1.82) is 0 Å². The minimum atomic E-state index is -0.367. The number of fused-ring (bicyclic) bond motifs is 1. The number of anilines is 1. The summed E-state index contributed by atoms with van der Waals surface area (Å²) in [5, 5.41) is 2.45. The van der Waals surface area contributed by atoms with Crippen LogP contribution < -0.4 is 5.32 Å². The van der Waals surface area contributed by atoms with E-state index < -0.39 is 0 Å². The van der Waals surface area contributed by atoms with Crippen LogP contribution >= 0.6 is 0 Å². The fourth-order valence-corrected chi connectivity index (χ4v) is 1.08. The third-order valence-electron chi connectivity index (χ3n) is 1.59. The Morgan fingerprint density at radius 1 is 1.64 bits per heavy atom. The molecule has 0 spiro atoms. The summed E-state index contributed by atoms with van der Waals surface area (Å²) in [6, 6.07) is 1.25. The van der Waals surface area contributed by atoms with Crippen LogP contribution in [0.3, 0.4) is 0 Å². The molecule has 0 atom stereocenters. The van der Waals surface area contributed by atoms with E-state index in [2.05, 4.69) is 10.3 Å². The lowest BCUT2D eigenvalue weighted by Crippen LogP contribution is -2.04. The van der Waals surface area contributed by atoms with Crippen LogP contribution in [0.4, 0.5) is 10.2 Å². The average molecular weight is 152 g/mol. The molecule has 2 rings (SSSR count).